The number of amides is 1. The molecule has 19 heavy (non-hydrogen) atoms. The Morgan fingerprint density at radius 3 is 2.74 bits per heavy atom. The highest BCUT2D eigenvalue weighted by Gasteiger charge is 2.27. The fraction of sp³-hybridized carbons (Fsp3) is 0.417. The molecule has 5 nitrogen and oxygen atoms in total. The van der Waals surface area contributed by atoms with Crippen LogP contribution in [0.1, 0.15) is 6.42 Å². The summed E-state index contributed by atoms with van der Waals surface area (Å²) in [5.74, 6) is 0.0563. The molecule has 0 saturated carbocycles. The van der Waals surface area contributed by atoms with E-state index in [4.69, 9.17) is 11.6 Å². The molecular formula is C12H15ClN2O3S. The van der Waals surface area contributed by atoms with E-state index in [0.717, 1.165) is 0 Å². The van der Waals surface area contributed by atoms with Crippen LogP contribution in [0.2, 0.25) is 5.02 Å². The normalized spacial score (nSPS) is 21.2. The summed E-state index contributed by atoms with van der Waals surface area (Å²) < 4.78 is 22.5. The lowest BCUT2D eigenvalue weighted by Gasteiger charge is -2.11. The summed E-state index contributed by atoms with van der Waals surface area (Å²) >= 11 is 5.92. The average molecular weight is 303 g/mol. The standard InChI is InChI=1S/C12H15ClN2O3S/c13-10-3-1-2-4-11(10)15-12(16)7-14-9-5-6-19(17,18)8-9/h1-4,9,14H,5-8H2,(H,15,16). The van der Waals surface area contributed by atoms with Gasteiger partial charge in [0.1, 0.15) is 0 Å². The molecule has 104 valence electrons. The van der Waals surface area contributed by atoms with Gasteiger partial charge in [0.05, 0.1) is 28.8 Å². The topological polar surface area (TPSA) is 75.3 Å². The Labute approximate surface area is 117 Å². The van der Waals surface area contributed by atoms with Crippen LogP contribution in [0.4, 0.5) is 5.69 Å². The lowest BCUT2D eigenvalue weighted by atomic mass is 10.2. The predicted molar refractivity (Wildman–Crippen MR) is 75.1 cm³/mol. The molecule has 2 N–H and O–H groups in total. The largest absolute Gasteiger partial charge is 0.324 e. The van der Waals surface area contributed by atoms with Gasteiger partial charge in [0.2, 0.25) is 5.91 Å². The Kier molecular flexibility index (Phi) is 4.44. The second kappa shape index (κ2) is 5.90. The van der Waals surface area contributed by atoms with E-state index in [0.29, 0.717) is 17.1 Å². The molecule has 1 unspecified atom stereocenters. The number of anilines is 1. The molecule has 1 heterocycles. The summed E-state index contributed by atoms with van der Waals surface area (Å²) in [7, 11) is -2.92. The minimum atomic E-state index is -2.92. The summed E-state index contributed by atoms with van der Waals surface area (Å²) in [4.78, 5) is 11.7. The molecule has 0 aliphatic carbocycles. The number of para-hydroxylation sites is 1. The molecule has 1 saturated heterocycles. The third kappa shape index (κ3) is 4.19. The second-order valence-corrected chi connectivity index (χ2v) is 7.14. The monoisotopic (exact) mass is 302 g/mol. The number of hydrogen-bond acceptors (Lipinski definition) is 4. The molecule has 0 radical (unpaired) electrons. The number of carbonyl (C=O) groups excluding carboxylic acids is 1. The Bertz CT molecular complexity index is 574. The van der Waals surface area contributed by atoms with Gasteiger partial charge in [-0.2, -0.15) is 0 Å². The van der Waals surface area contributed by atoms with Gasteiger partial charge >= 0.3 is 0 Å². The van der Waals surface area contributed by atoms with Crippen LogP contribution in [0.5, 0.6) is 0 Å². The third-order valence-electron chi connectivity index (χ3n) is 2.93. The number of carbonyl (C=O) groups is 1. The number of rotatable bonds is 4. The van der Waals surface area contributed by atoms with Gasteiger partial charge in [-0.05, 0) is 18.6 Å². The van der Waals surface area contributed by atoms with E-state index >= 15 is 0 Å². The Morgan fingerprint density at radius 1 is 1.37 bits per heavy atom. The van der Waals surface area contributed by atoms with E-state index in [-0.39, 0.29) is 30.0 Å². The zero-order valence-electron chi connectivity index (χ0n) is 10.2. The maximum atomic E-state index is 11.7. The van der Waals surface area contributed by atoms with Crippen LogP contribution in [-0.2, 0) is 14.6 Å². The predicted octanol–water partition coefficient (Wildman–Crippen LogP) is 1.06. The lowest BCUT2D eigenvalue weighted by Crippen LogP contribution is -2.36. The van der Waals surface area contributed by atoms with Crippen LogP contribution in [0.3, 0.4) is 0 Å². The molecule has 1 aliphatic rings. The van der Waals surface area contributed by atoms with Gasteiger partial charge < -0.3 is 10.6 Å². The number of nitrogens with one attached hydrogen (secondary N) is 2. The van der Waals surface area contributed by atoms with E-state index < -0.39 is 9.84 Å². The molecule has 7 heteroatoms. The second-order valence-electron chi connectivity index (χ2n) is 4.51. The first-order valence-electron chi connectivity index (χ1n) is 5.94. The average Bonchev–Trinajstić information content (AvgIpc) is 2.69. The molecule has 0 aromatic heterocycles. The lowest BCUT2D eigenvalue weighted by molar-refractivity contribution is -0.115. The first-order valence-corrected chi connectivity index (χ1v) is 8.14. The molecule has 1 aliphatic heterocycles. The zero-order valence-corrected chi connectivity index (χ0v) is 11.8. The molecule has 0 spiro atoms. The third-order valence-corrected chi connectivity index (χ3v) is 5.03. The highest BCUT2D eigenvalue weighted by molar-refractivity contribution is 7.91. The van der Waals surface area contributed by atoms with E-state index in [1.54, 1.807) is 24.3 Å². The van der Waals surface area contributed by atoms with Crippen LogP contribution in [0.15, 0.2) is 24.3 Å². The van der Waals surface area contributed by atoms with Crippen LogP contribution in [-0.4, -0.2) is 38.4 Å². The molecule has 1 atom stereocenters. The van der Waals surface area contributed by atoms with Crippen molar-refractivity contribution < 1.29 is 13.2 Å². The van der Waals surface area contributed by atoms with E-state index in [2.05, 4.69) is 10.6 Å². The molecule has 1 aromatic rings. The molecule has 0 bridgehead atoms. The summed E-state index contributed by atoms with van der Waals surface area (Å²) in [6.07, 6.45) is 0.557. The van der Waals surface area contributed by atoms with Gasteiger partial charge in [0.25, 0.3) is 0 Å². The van der Waals surface area contributed by atoms with Crippen molar-refractivity contribution in [1.82, 2.24) is 5.32 Å². The molecule has 1 amide bonds. The van der Waals surface area contributed by atoms with Crippen LogP contribution < -0.4 is 10.6 Å². The summed E-state index contributed by atoms with van der Waals surface area (Å²) in [5, 5.41) is 6.09. The number of halogens is 1. The number of hydrogen-bond donors (Lipinski definition) is 2. The van der Waals surface area contributed by atoms with Crippen LogP contribution in [0, 0.1) is 0 Å². The van der Waals surface area contributed by atoms with Gasteiger partial charge in [0, 0.05) is 6.04 Å². The summed E-state index contributed by atoms with van der Waals surface area (Å²) in [5.41, 5.74) is 0.551. The Morgan fingerprint density at radius 2 is 2.11 bits per heavy atom. The summed E-state index contributed by atoms with van der Waals surface area (Å²) in [6, 6.07) is 6.81. The van der Waals surface area contributed by atoms with Gasteiger partial charge in [-0.1, -0.05) is 23.7 Å². The maximum absolute atomic E-state index is 11.7. The van der Waals surface area contributed by atoms with Gasteiger partial charge in [-0.25, -0.2) is 8.42 Å². The minimum Gasteiger partial charge on any atom is -0.324 e. The van der Waals surface area contributed by atoms with Crippen molar-refractivity contribution in [2.24, 2.45) is 0 Å². The fourth-order valence-electron chi connectivity index (χ4n) is 1.95. The smallest absolute Gasteiger partial charge is 0.238 e. The number of sulfone groups is 1. The minimum absolute atomic E-state index is 0.0748. The van der Waals surface area contributed by atoms with Crippen LogP contribution in [0.25, 0.3) is 0 Å². The van der Waals surface area contributed by atoms with Crippen molar-refractivity contribution in [3.05, 3.63) is 29.3 Å². The van der Waals surface area contributed by atoms with Crippen LogP contribution >= 0.6 is 11.6 Å². The van der Waals surface area contributed by atoms with Crippen molar-refractivity contribution in [3.8, 4) is 0 Å². The SMILES string of the molecule is O=C(CNC1CCS(=O)(=O)C1)Nc1ccccc1Cl. The van der Waals surface area contributed by atoms with E-state index in [1.165, 1.54) is 0 Å². The fourth-order valence-corrected chi connectivity index (χ4v) is 3.84. The van der Waals surface area contributed by atoms with E-state index in [9.17, 15) is 13.2 Å². The molecule has 2 rings (SSSR count). The van der Waals surface area contributed by atoms with Gasteiger partial charge in [0.15, 0.2) is 9.84 Å². The zero-order chi connectivity index (χ0) is 13.9. The maximum Gasteiger partial charge on any atom is 0.238 e. The number of benzene rings is 1. The summed E-state index contributed by atoms with van der Waals surface area (Å²) in [6.45, 7) is 0.0748. The molecule has 1 aromatic carbocycles. The highest BCUT2D eigenvalue weighted by Crippen LogP contribution is 2.20. The Balaban J connectivity index is 1.81. The first kappa shape index (κ1) is 14.3. The quantitative estimate of drug-likeness (QED) is 0.872. The van der Waals surface area contributed by atoms with Crippen molar-refractivity contribution in [2.45, 2.75) is 12.5 Å². The van der Waals surface area contributed by atoms with Crippen molar-refractivity contribution in [3.63, 3.8) is 0 Å². The first-order chi connectivity index (χ1) is 8.96. The highest BCUT2D eigenvalue weighted by atomic mass is 35.5. The van der Waals surface area contributed by atoms with Crippen molar-refractivity contribution in [1.29, 1.82) is 0 Å². The van der Waals surface area contributed by atoms with E-state index in [1.807, 2.05) is 0 Å². The molecule has 1 fully saturated rings. The molecular weight excluding hydrogens is 288 g/mol. The Hall–Kier alpha value is -1.11. The van der Waals surface area contributed by atoms with Crippen molar-refractivity contribution in [2.75, 3.05) is 23.4 Å². The van der Waals surface area contributed by atoms with Gasteiger partial charge in [-0.3, -0.25) is 4.79 Å². The van der Waals surface area contributed by atoms with Crippen molar-refractivity contribution >= 4 is 33.0 Å². The van der Waals surface area contributed by atoms with Gasteiger partial charge in [-0.15, -0.1) is 0 Å².